The minimum atomic E-state index is -0.497. The maximum absolute atomic E-state index is 12.6. The third-order valence-electron chi connectivity index (χ3n) is 4.95. The van der Waals surface area contributed by atoms with Crippen molar-refractivity contribution >= 4 is 23.4 Å². The number of carbonyl (C=O) groups excluding carboxylic acids is 2. The Morgan fingerprint density at radius 3 is 2.68 bits per heavy atom. The molecule has 1 heterocycles. The zero-order valence-corrected chi connectivity index (χ0v) is 17.0. The highest BCUT2D eigenvalue weighted by molar-refractivity contribution is 6.30. The molecule has 0 bridgehead atoms. The molecule has 0 aliphatic carbocycles. The summed E-state index contributed by atoms with van der Waals surface area (Å²) in [4.78, 5) is 26.8. The number of fused-ring (bicyclic) bond motifs is 1. The second-order valence-corrected chi connectivity index (χ2v) is 7.39. The van der Waals surface area contributed by atoms with Gasteiger partial charge < -0.3 is 15.0 Å². The van der Waals surface area contributed by atoms with Gasteiger partial charge in [0.1, 0.15) is 17.5 Å². The van der Waals surface area contributed by atoms with Crippen molar-refractivity contribution in [3.8, 4) is 11.5 Å². The van der Waals surface area contributed by atoms with Crippen molar-refractivity contribution in [3.63, 3.8) is 0 Å². The first kappa shape index (κ1) is 20.2. The minimum absolute atomic E-state index is 0.0281. The van der Waals surface area contributed by atoms with Gasteiger partial charge in [0, 0.05) is 31.5 Å². The van der Waals surface area contributed by atoms with Gasteiger partial charge in [-0.3, -0.25) is 9.59 Å². The van der Waals surface area contributed by atoms with Gasteiger partial charge in [-0.05, 0) is 47.9 Å². The van der Waals surface area contributed by atoms with E-state index >= 15 is 0 Å². The molecule has 28 heavy (non-hydrogen) atoms. The van der Waals surface area contributed by atoms with Crippen LogP contribution in [-0.2, 0) is 22.6 Å². The van der Waals surface area contributed by atoms with E-state index in [9.17, 15) is 9.59 Å². The van der Waals surface area contributed by atoms with Gasteiger partial charge in [-0.2, -0.15) is 0 Å². The number of carbonyl (C=O) groups is 2. The summed E-state index contributed by atoms with van der Waals surface area (Å²) in [6.07, 6.45) is 2.72. The lowest BCUT2D eigenvalue weighted by atomic mass is 9.92. The van der Waals surface area contributed by atoms with E-state index in [0.29, 0.717) is 35.9 Å². The van der Waals surface area contributed by atoms with Crippen LogP contribution in [0.4, 0.5) is 0 Å². The number of nitrogens with one attached hydrogen (secondary N) is 1. The van der Waals surface area contributed by atoms with Crippen molar-refractivity contribution in [3.05, 3.63) is 58.6 Å². The quantitative estimate of drug-likeness (QED) is 0.785. The molecule has 0 radical (unpaired) electrons. The van der Waals surface area contributed by atoms with Crippen molar-refractivity contribution in [2.24, 2.45) is 0 Å². The molecule has 1 atom stereocenters. The SMILES string of the molecule is CCCCC(=O)N1Cc2ccc(Oc3cccc(Cl)c3)cc2C[C@H]1C(=O)NC. The Balaban J connectivity index is 1.83. The first-order valence-corrected chi connectivity index (χ1v) is 9.96. The number of benzene rings is 2. The average Bonchev–Trinajstić information content (AvgIpc) is 2.70. The highest BCUT2D eigenvalue weighted by atomic mass is 35.5. The topological polar surface area (TPSA) is 58.6 Å². The van der Waals surface area contributed by atoms with Gasteiger partial charge >= 0.3 is 0 Å². The fraction of sp³-hybridized carbons (Fsp3) is 0.364. The van der Waals surface area contributed by atoms with E-state index in [2.05, 4.69) is 12.2 Å². The first-order valence-electron chi connectivity index (χ1n) is 9.58. The highest BCUT2D eigenvalue weighted by Crippen LogP contribution is 2.30. The molecule has 3 rings (SSSR count). The molecule has 2 aromatic rings. The second kappa shape index (κ2) is 9.11. The Hall–Kier alpha value is -2.53. The number of ether oxygens (including phenoxy) is 1. The van der Waals surface area contributed by atoms with E-state index in [0.717, 1.165) is 24.0 Å². The Labute approximate surface area is 170 Å². The molecule has 0 saturated heterocycles. The molecule has 5 nitrogen and oxygen atoms in total. The third kappa shape index (κ3) is 4.65. The van der Waals surface area contributed by atoms with E-state index in [1.54, 1.807) is 24.1 Å². The van der Waals surface area contributed by atoms with Crippen LogP contribution in [0.25, 0.3) is 0 Å². The summed E-state index contributed by atoms with van der Waals surface area (Å²) < 4.78 is 5.91. The number of hydrogen-bond acceptors (Lipinski definition) is 3. The Bertz CT molecular complexity index is 869. The van der Waals surface area contributed by atoms with Crippen molar-refractivity contribution in [1.29, 1.82) is 0 Å². The lowest BCUT2D eigenvalue weighted by molar-refractivity contribution is -0.141. The van der Waals surface area contributed by atoms with E-state index in [1.807, 2.05) is 30.3 Å². The molecule has 6 heteroatoms. The molecule has 2 amide bonds. The number of nitrogens with zero attached hydrogens (tertiary/aromatic N) is 1. The summed E-state index contributed by atoms with van der Waals surface area (Å²) in [6, 6.07) is 12.5. The standard InChI is InChI=1S/C22H25ClN2O3/c1-3-4-8-21(26)25-14-15-9-10-19(28-18-7-5-6-17(23)13-18)11-16(15)12-20(25)22(27)24-2/h5-7,9-11,13,20H,3-4,8,12,14H2,1-2H3,(H,24,27)/t20-/m0/s1. The smallest absolute Gasteiger partial charge is 0.242 e. The number of likely N-dealkylation sites (N-methyl/N-ethyl adjacent to an activating group) is 1. The van der Waals surface area contributed by atoms with Crippen molar-refractivity contribution in [2.45, 2.75) is 45.2 Å². The van der Waals surface area contributed by atoms with Crippen molar-refractivity contribution in [1.82, 2.24) is 10.2 Å². The second-order valence-electron chi connectivity index (χ2n) is 6.95. The summed E-state index contributed by atoms with van der Waals surface area (Å²) in [5.41, 5.74) is 2.07. The predicted molar refractivity (Wildman–Crippen MR) is 110 cm³/mol. The van der Waals surface area contributed by atoms with Crippen LogP contribution in [0, 0.1) is 0 Å². The summed E-state index contributed by atoms with van der Waals surface area (Å²) in [6.45, 7) is 2.49. The fourth-order valence-electron chi connectivity index (χ4n) is 3.42. The van der Waals surface area contributed by atoms with Gasteiger partial charge in [-0.1, -0.05) is 37.1 Å². The molecule has 1 aliphatic heterocycles. The Morgan fingerprint density at radius 1 is 1.18 bits per heavy atom. The molecular weight excluding hydrogens is 376 g/mol. The highest BCUT2D eigenvalue weighted by Gasteiger charge is 2.34. The van der Waals surface area contributed by atoms with Crippen molar-refractivity contribution in [2.75, 3.05) is 7.05 Å². The molecule has 1 aliphatic rings. The van der Waals surface area contributed by atoms with Gasteiger partial charge in [-0.25, -0.2) is 0 Å². The van der Waals surface area contributed by atoms with Gasteiger partial charge in [-0.15, -0.1) is 0 Å². The molecule has 148 valence electrons. The molecule has 0 fully saturated rings. The molecule has 0 unspecified atom stereocenters. The zero-order chi connectivity index (χ0) is 20.1. The molecule has 1 N–H and O–H groups in total. The fourth-order valence-corrected chi connectivity index (χ4v) is 3.60. The molecule has 0 aromatic heterocycles. The van der Waals surface area contributed by atoms with Gasteiger partial charge in [0.2, 0.25) is 11.8 Å². The first-order chi connectivity index (χ1) is 13.5. The van der Waals surface area contributed by atoms with Gasteiger partial charge in [0.05, 0.1) is 0 Å². The van der Waals surface area contributed by atoms with Crippen molar-refractivity contribution < 1.29 is 14.3 Å². The van der Waals surface area contributed by atoms with E-state index in [1.165, 1.54) is 0 Å². The van der Waals surface area contributed by atoms with Crippen LogP contribution < -0.4 is 10.1 Å². The molecule has 0 saturated carbocycles. The van der Waals surface area contributed by atoms with Gasteiger partial charge in [0.25, 0.3) is 0 Å². The number of halogens is 1. The number of rotatable bonds is 6. The zero-order valence-electron chi connectivity index (χ0n) is 16.2. The van der Waals surface area contributed by atoms with Crippen LogP contribution in [0.2, 0.25) is 5.02 Å². The number of hydrogen-bond donors (Lipinski definition) is 1. The summed E-state index contributed by atoms with van der Waals surface area (Å²) in [5, 5.41) is 3.30. The van der Waals surface area contributed by atoms with Crippen LogP contribution in [0.1, 0.15) is 37.3 Å². The maximum atomic E-state index is 12.6. The van der Waals surface area contributed by atoms with Crippen LogP contribution in [0.15, 0.2) is 42.5 Å². The van der Waals surface area contributed by atoms with E-state index in [-0.39, 0.29) is 11.8 Å². The van der Waals surface area contributed by atoms with Crippen LogP contribution in [0.5, 0.6) is 11.5 Å². The van der Waals surface area contributed by atoms with Gasteiger partial charge in [0.15, 0.2) is 0 Å². The number of unbranched alkanes of at least 4 members (excludes halogenated alkanes) is 1. The molecule has 0 spiro atoms. The number of amides is 2. The maximum Gasteiger partial charge on any atom is 0.242 e. The lowest BCUT2D eigenvalue weighted by Crippen LogP contribution is -2.51. The van der Waals surface area contributed by atoms with E-state index in [4.69, 9.17) is 16.3 Å². The summed E-state index contributed by atoms with van der Waals surface area (Å²) in [5.74, 6) is 1.22. The van der Waals surface area contributed by atoms with Crippen LogP contribution in [-0.4, -0.2) is 29.8 Å². The lowest BCUT2D eigenvalue weighted by Gasteiger charge is -2.36. The largest absolute Gasteiger partial charge is 0.457 e. The van der Waals surface area contributed by atoms with Crippen LogP contribution >= 0.6 is 11.6 Å². The molecule has 2 aromatic carbocycles. The normalized spacial score (nSPS) is 15.7. The summed E-state index contributed by atoms with van der Waals surface area (Å²) >= 11 is 6.02. The van der Waals surface area contributed by atoms with E-state index < -0.39 is 6.04 Å². The predicted octanol–water partition coefficient (Wildman–Crippen LogP) is 4.32. The monoisotopic (exact) mass is 400 g/mol. The Morgan fingerprint density at radius 2 is 1.96 bits per heavy atom. The Kier molecular flexibility index (Phi) is 6.57. The third-order valence-corrected chi connectivity index (χ3v) is 5.19. The summed E-state index contributed by atoms with van der Waals surface area (Å²) in [7, 11) is 1.60. The molecular formula is C22H25ClN2O3. The van der Waals surface area contributed by atoms with Crippen LogP contribution in [0.3, 0.4) is 0 Å². The minimum Gasteiger partial charge on any atom is -0.457 e. The average molecular weight is 401 g/mol.